The number of imidazole rings is 1. The molecule has 0 radical (unpaired) electrons. The largest absolute Gasteiger partial charge is 0.374 e. The molecule has 2 atom stereocenters. The van der Waals surface area contributed by atoms with E-state index in [1.807, 2.05) is 58.3 Å². The number of nitrogens with one attached hydrogen (secondary N) is 4. The number of anilines is 2. The predicted octanol–water partition coefficient (Wildman–Crippen LogP) is 4.15. The summed E-state index contributed by atoms with van der Waals surface area (Å²) in [5.41, 5.74) is 4.27. The third-order valence-corrected chi connectivity index (χ3v) is 5.76. The number of aliphatic hydroxyl groups excluding tert-OH is 1. The Balaban J connectivity index is 0.000000342. The quantitative estimate of drug-likeness (QED) is 0.262. The maximum Gasteiger partial charge on any atom is 0.255 e. The van der Waals surface area contributed by atoms with Crippen LogP contribution in [0.15, 0.2) is 73.4 Å². The van der Waals surface area contributed by atoms with Crippen LogP contribution in [0, 0.1) is 5.92 Å². The van der Waals surface area contributed by atoms with E-state index in [1.165, 1.54) is 0 Å². The first-order valence-electron chi connectivity index (χ1n) is 12.1. The van der Waals surface area contributed by atoms with Crippen LogP contribution in [-0.2, 0) is 18.3 Å². The number of H-pyrrole nitrogens is 1. The van der Waals surface area contributed by atoms with Gasteiger partial charge in [0, 0.05) is 49.0 Å². The molecule has 0 bridgehead atoms. The van der Waals surface area contributed by atoms with Crippen LogP contribution in [-0.4, -0.2) is 37.8 Å². The molecule has 0 saturated heterocycles. The van der Waals surface area contributed by atoms with Gasteiger partial charge in [-0.25, -0.2) is 4.98 Å². The molecule has 2 unspecified atom stereocenters. The van der Waals surface area contributed by atoms with Gasteiger partial charge < -0.3 is 25.6 Å². The smallest absolute Gasteiger partial charge is 0.255 e. The van der Waals surface area contributed by atoms with E-state index in [2.05, 4.69) is 49.9 Å². The molecular weight excluding hydrogens is 454 g/mol. The number of hydrogen-bond acceptors (Lipinski definition) is 6. The predicted molar refractivity (Wildman–Crippen MR) is 144 cm³/mol. The van der Waals surface area contributed by atoms with E-state index < -0.39 is 6.23 Å². The van der Waals surface area contributed by atoms with Crippen molar-refractivity contribution in [3.8, 4) is 0 Å². The SMILES string of the molecule is C=C1C(=O)Nc2ccc(CC3C=C(NC(O)c4nccn4C)C=CC3)cc21.CC.CNc1ccn[nH]1. The van der Waals surface area contributed by atoms with Crippen molar-refractivity contribution >= 4 is 23.0 Å². The summed E-state index contributed by atoms with van der Waals surface area (Å²) < 4.78 is 1.79. The molecule has 36 heavy (non-hydrogen) atoms. The zero-order valence-electron chi connectivity index (χ0n) is 21.2. The van der Waals surface area contributed by atoms with Gasteiger partial charge in [0.2, 0.25) is 0 Å². The number of aromatic nitrogens is 4. The summed E-state index contributed by atoms with van der Waals surface area (Å²) in [6, 6.07) is 7.88. The molecule has 1 aliphatic heterocycles. The number of amides is 1. The van der Waals surface area contributed by atoms with Crippen molar-refractivity contribution in [1.29, 1.82) is 0 Å². The second kappa shape index (κ2) is 12.6. The van der Waals surface area contributed by atoms with Crippen molar-refractivity contribution in [2.45, 2.75) is 32.9 Å². The van der Waals surface area contributed by atoms with Gasteiger partial charge in [-0.05, 0) is 48.6 Å². The molecule has 0 saturated carbocycles. The Morgan fingerprint density at radius 2 is 2.08 bits per heavy atom. The first-order chi connectivity index (χ1) is 17.4. The highest BCUT2D eigenvalue weighted by Crippen LogP contribution is 2.32. The van der Waals surface area contributed by atoms with Crippen molar-refractivity contribution < 1.29 is 9.90 Å². The first kappa shape index (κ1) is 26.5. The number of allylic oxidation sites excluding steroid dienone is 3. The van der Waals surface area contributed by atoms with Gasteiger partial charge in [0.25, 0.3) is 5.91 Å². The van der Waals surface area contributed by atoms with E-state index in [0.717, 1.165) is 41.2 Å². The van der Waals surface area contributed by atoms with E-state index in [-0.39, 0.29) is 5.91 Å². The van der Waals surface area contributed by atoms with Crippen LogP contribution >= 0.6 is 0 Å². The average molecular weight is 490 g/mol. The summed E-state index contributed by atoms with van der Waals surface area (Å²) in [7, 11) is 3.69. The van der Waals surface area contributed by atoms with Crippen LogP contribution in [0.25, 0.3) is 5.57 Å². The summed E-state index contributed by atoms with van der Waals surface area (Å²) >= 11 is 0. The van der Waals surface area contributed by atoms with E-state index >= 15 is 0 Å². The van der Waals surface area contributed by atoms with Crippen LogP contribution in [0.4, 0.5) is 11.5 Å². The van der Waals surface area contributed by atoms with Crippen LogP contribution in [0.1, 0.15) is 43.4 Å². The highest BCUT2D eigenvalue weighted by molar-refractivity contribution is 6.30. The second-order valence-electron chi connectivity index (χ2n) is 8.20. The van der Waals surface area contributed by atoms with Crippen molar-refractivity contribution in [3.63, 3.8) is 0 Å². The normalized spacial score (nSPS) is 16.5. The number of hydrogen-bond donors (Lipinski definition) is 5. The third-order valence-electron chi connectivity index (χ3n) is 5.76. The highest BCUT2D eigenvalue weighted by atomic mass is 16.3. The Labute approximate surface area is 212 Å². The molecule has 5 rings (SSSR count). The fourth-order valence-electron chi connectivity index (χ4n) is 3.94. The van der Waals surface area contributed by atoms with Gasteiger partial charge >= 0.3 is 0 Å². The minimum atomic E-state index is -0.861. The Morgan fingerprint density at radius 1 is 1.28 bits per heavy atom. The monoisotopic (exact) mass is 489 g/mol. The minimum absolute atomic E-state index is 0.127. The molecule has 3 aromatic rings. The van der Waals surface area contributed by atoms with Gasteiger partial charge in [0.05, 0.1) is 6.20 Å². The van der Waals surface area contributed by atoms with Crippen molar-refractivity contribution in [2.75, 3.05) is 17.7 Å². The van der Waals surface area contributed by atoms with Crippen LogP contribution in [0.5, 0.6) is 0 Å². The Bertz CT molecular complexity index is 1220. The summed E-state index contributed by atoms with van der Waals surface area (Å²) in [4.78, 5) is 15.9. The van der Waals surface area contributed by atoms with Crippen LogP contribution in [0.2, 0.25) is 0 Å². The lowest BCUT2D eigenvalue weighted by Gasteiger charge is -2.21. The molecule has 9 heteroatoms. The van der Waals surface area contributed by atoms with Gasteiger partial charge in [-0.3, -0.25) is 9.89 Å². The molecule has 1 amide bonds. The number of aromatic amines is 1. The van der Waals surface area contributed by atoms with E-state index in [9.17, 15) is 9.90 Å². The zero-order chi connectivity index (χ0) is 26.1. The Hall–Kier alpha value is -4.11. The topological polar surface area (TPSA) is 120 Å². The van der Waals surface area contributed by atoms with E-state index in [4.69, 9.17) is 0 Å². The highest BCUT2D eigenvalue weighted by Gasteiger charge is 2.23. The molecule has 3 heterocycles. The molecule has 5 N–H and O–H groups in total. The minimum Gasteiger partial charge on any atom is -0.374 e. The van der Waals surface area contributed by atoms with Gasteiger partial charge in [-0.2, -0.15) is 5.10 Å². The summed E-state index contributed by atoms with van der Waals surface area (Å²) in [5, 5.41) is 25.6. The maximum atomic E-state index is 11.7. The summed E-state index contributed by atoms with van der Waals surface area (Å²) in [5.74, 6) is 1.69. The van der Waals surface area contributed by atoms with Gasteiger partial charge in [0.1, 0.15) is 5.82 Å². The van der Waals surface area contributed by atoms with Crippen molar-refractivity contribution in [2.24, 2.45) is 13.0 Å². The number of nitrogens with zero attached hydrogens (tertiary/aromatic N) is 3. The van der Waals surface area contributed by atoms with Crippen molar-refractivity contribution in [1.82, 2.24) is 25.1 Å². The van der Waals surface area contributed by atoms with Gasteiger partial charge in [0.15, 0.2) is 12.1 Å². The molecule has 9 nitrogen and oxygen atoms in total. The third kappa shape index (κ3) is 6.51. The Morgan fingerprint density at radius 3 is 2.72 bits per heavy atom. The summed E-state index contributed by atoms with van der Waals surface area (Å²) in [6.45, 7) is 7.86. The van der Waals surface area contributed by atoms with Gasteiger partial charge in [-0.1, -0.05) is 38.6 Å². The zero-order valence-corrected chi connectivity index (χ0v) is 21.2. The fourth-order valence-corrected chi connectivity index (χ4v) is 3.94. The first-order valence-corrected chi connectivity index (χ1v) is 12.1. The molecule has 0 spiro atoms. The lowest BCUT2D eigenvalue weighted by atomic mass is 9.91. The molecule has 1 aliphatic carbocycles. The molecule has 0 fully saturated rings. The van der Waals surface area contributed by atoms with Gasteiger partial charge in [-0.15, -0.1) is 0 Å². The number of rotatable bonds is 6. The molecular formula is C27H35N7O2. The second-order valence-corrected chi connectivity index (χ2v) is 8.20. The molecule has 2 aromatic heterocycles. The number of benzene rings is 1. The number of carbonyl (C=O) groups is 1. The standard InChI is InChI=1S/C21H22N4O2.C4H7N3.C2H6/c1-13-17-12-15(6-7-18(17)24-20(13)26)10-14-4-3-5-16(11-14)23-21(27)19-22-8-9-25(19)2;1-5-4-2-3-6-7-4;1-2/h3,5-9,11-12,14,21,23,27H,1,4,10H2,2H3,(H,24,26);2-3H,1H3,(H2,5,6,7);1-2H3. The number of fused-ring (bicyclic) bond motifs is 1. The van der Waals surface area contributed by atoms with Crippen LogP contribution in [0.3, 0.4) is 0 Å². The molecule has 190 valence electrons. The maximum absolute atomic E-state index is 11.7. The fraction of sp³-hybridized carbons (Fsp3) is 0.296. The molecule has 2 aliphatic rings. The lowest BCUT2D eigenvalue weighted by Crippen LogP contribution is -2.24. The average Bonchev–Trinajstić information content (AvgIpc) is 3.63. The van der Waals surface area contributed by atoms with Crippen LogP contribution < -0.4 is 16.0 Å². The Kier molecular flexibility index (Phi) is 9.24. The molecule has 1 aromatic carbocycles. The van der Waals surface area contributed by atoms with E-state index in [1.54, 1.807) is 23.2 Å². The van der Waals surface area contributed by atoms with Crippen molar-refractivity contribution in [3.05, 3.63) is 90.3 Å². The number of aliphatic hydroxyl groups is 1. The van der Waals surface area contributed by atoms with E-state index in [0.29, 0.717) is 17.3 Å². The summed E-state index contributed by atoms with van der Waals surface area (Å²) in [6.07, 6.45) is 12.3. The lowest BCUT2D eigenvalue weighted by molar-refractivity contribution is -0.110. The number of carbonyl (C=O) groups excluding carboxylic acids is 1. The number of aryl methyl sites for hydroxylation is 1.